The highest BCUT2D eigenvalue weighted by Crippen LogP contribution is 2.27. The molecule has 0 N–H and O–H groups in total. The summed E-state index contributed by atoms with van der Waals surface area (Å²) in [5.74, 6) is -3.92. The quantitative estimate of drug-likeness (QED) is 0.573. The first-order valence-corrected chi connectivity index (χ1v) is 3.47. The van der Waals surface area contributed by atoms with Crippen LogP contribution in [0.3, 0.4) is 0 Å². The van der Waals surface area contributed by atoms with E-state index >= 15 is 0 Å². The van der Waals surface area contributed by atoms with Crippen LogP contribution in [0.15, 0.2) is 36.2 Å². The van der Waals surface area contributed by atoms with Crippen molar-refractivity contribution in [2.75, 3.05) is 0 Å². The number of hydrogen-bond donors (Lipinski definition) is 0. The van der Waals surface area contributed by atoms with Gasteiger partial charge >= 0.3 is 0 Å². The van der Waals surface area contributed by atoms with E-state index in [0.717, 1.165) is 0 Å². The van der Waals surface area contributed by atoms with Crippen LogP contribution < -0.4 is 0 Å². The zero-order valence-electron chi connectivity index (χ0n) is 7.13. The largest absolute Gasteiger partial charge is 0.207 e. The molecule has 0 saturated carbocycles. The number of hydrogen-bond acceptors (Lipinski definition) is 0. The van der Waals surface area contributed by atoms with Crippen LogP contribution in [0.1, 0.15) is 13.8 Å². The van der Waals surface area contributed by atoms with Crippen LogP contribution in [-0.4, -0.2) is 0 Å². The topological polar surface area (TPSA) is 0 Å². The van der Waals surface area contributed by atoms with Crippen LogP contribution in [0.4, 0.5) is 13.2 Å². The fraction of sp³-hybridized carbons (Fsp3) is 0.333. The van der Waals surface area contributed by atoms with E-state index in [0.29, 0.717) is 0 Å². The molecule has 68 valence electrons. The summed E-state index contributed by atoms with van der Waals surface area (Å²) in [7, 11) is 0. The maximum Gasteiger partial charge on any atom is 0.164 e. The summed E-state index contributed by atoms with van der Waals surface area (Å²) in [4.78, 5) is 0. The Morgan fingerprint density at radius 2 is 1.42 bits per heavy atom. The van der Waals surface area contributed by atoms with Crippen molar-refractivity contribution < 1.29 is 13.2 Å². The van der Waals surface area contributed by atoms with Gasteiger partial charge in [-0.05, 0) is 5.92 Å². The maximum atomic E-state index is 12.8. The van der Waals surface area contributed by atoms with E-state index < -0.39 is 23.4 Å². The van der Waals surface area contributed by atoms with Crippen molar-refractivity contribution in [1.29, 1.82) is 0 Å². The molecule has 0 aliphatic heterocycles. The molecule has 0 heterocycles. The number of halogens is 3. The van der Waals surface area contributed by atoms with Gasteiger partial charge in [-0.3, -0.25) is 0 Å². The van der Waals surface area contributed by atoms with Gasteiger partial charge in [-0.25, -0.2) is 13.2 Å². The first-order chi connectivity index (χ1) is 5.37. The molecule has 0 bridgehead atoms. The molecule has 0 unspecified atom stereocenters. The summed E-state index contributed by atoms with van der Waals surface area (Å²) < 4.78 is 37.6. The molecule has 3 heteroatoms. The fourth-order valence-corrected chi connectivity index (χ4v) is 0.832. The van der Waals surface area contributed by atoms with E-state index in [1.54, 1.807) is 13.8 Å². The molecular weight excluding hydrogens is 165 g/mol. The molecule has 0 radical (unpaired) electrons. The van der Waals surface area contributed by atoms with E-state index in [2.05, 4.69) is 13.2 Å². The predicted molar refractivity (Wildman–Crippen MR) is 43.5 cm³/mol. The van der Waals surface area contributed by atoms with Crippen LogP contribution in [0.5, 0.6) is 0 Å². The molecule has 0 amide bonds. The lowest BCUT2D eigenvalue weighted by molar-refractivity contribution is 0.510. The van der Waals surface area contributed by atoms with Crippen molar-refractivity contribution in [3.8, 4) is 0 Å². The van der Waals surface area contributed by atoms with E-state index in [9.17, 15) is 13.2 Å². The van der Waals surface area contributed by atoms with Crippen molar-refractivity contribution in [2.24, 2.45) is 5.92 Å². The van der Waals surface area contributed by atoms with Crippen LogP contribution in [-0.2, 0) is 0 Å². The molecule has 0 aromatic carbocycles. The fourth-order valence-electron chi connectivity index (χ4n) is 0.832. The number of allylic oxidation sites excluding steroid dienone is 4. The summed E-state index contributed by atoms with van der Waals surface area (Å²) >= 11 is 0. The van der Waals surface area contributed by atoms with E-state index in [4.69, 9.17) is 0 Å². The minimum atomic E-state index is -1.27. The third kappa shape index (κ3) is 2.57. The molecule has 0 rings (SSSR count). The molecule has 0 fully saturated rings. The summed E-state index contributed by atoms with van der Waals surface area (Å²) in [5.41, 5.74) is -0.359. The molecule has 0 aliphatic rings. The third-order valence-corrected chi connectivity index (χ3v) is 1.34. The molecule has 0 aromatic heterocycles. The Bertz CT molecular complexity index is 236. The van der Waals surface area contributed by atoms with Gasteiger partial charge in [-0.2, -0.15) is 0 Å². The Kier molecular flexibility index (Phi) is 3.80. The highest BCUT2D eigenvalue weighted by Gasteiger charge is 2.16. The molecule has 0 atom stereocenters. The van der Waals surface area contributed by atoms with Crippen LogP contribution in [0.25, 0.3) is 0 Å². The molecule has 0 spiro atoms. The van der Waals surface area contributed by atoms with Crippen LogP contribution in [0.2, 0.25) is 0 Å². The van der Waals surface area contributed by atoms with Gasteiger partial charge in [0.1, 0.15) is 5.83 Å². The smallest absolute Gasteiger partial charge is 0.164 e. The van der Waals surface area contributed by atoms with Crippen LogP contribution >= 0.6 is 0 Å². The normalized spacial score (nSPS) is 12.8. The zero-order valence-corrected chi connectivity index (χ0v) is 7.13. The van der Waals surface area contributed by atoms with Gasteiger partial charge in [0.05, 0.1) is 0 Å². The van der Waals surface area contributed by atoms with Crippen molar-refractivity contribution >= 4 is 0 Å². The average molecular weight is 176 g/mol. The van der Waals surface area contributed by atoms with Crippen molar-refractivity contribution in [3.63, 3.8) is 0 Å². The Balaban J connectivity index is 5.08. The monoisotopic (exact) mass is 176 g/mol. The Hall–Kier alpha value is -0.990. The summed E-state index contributed by atoms with van der Waals surface area (Å²) in [6.07, 6.45) is 0. The second kappa shape index (κ2) is 4.14. The van der Waals surface area contributed by atoms with Crippen LogP contribution in [0, 0.1) is 5.92 Å². The van der Waals surface area contributed by atoms with Gasteiger partial charge in [0.15, 0.2) is 11.7 Å². The molecule has 0 nitrogen and oxygen atoms in total. The Labute approximate surface area is 70.1 Å². The Morgan fingerprint density at radius 3 is 1.50 bits per heavy atom. The zero-order chi connectivity index (χ0) is 9.89. The molecule has 0 aliphatic carbocycles. The molecule has 12 heavy (non-hydrogen) atoms. The molecular formula is C9H11F3. The summed E-state index contributed by atoms with van der Waals surface area (Å²) in [6.45, 7) is 8.73. The lowest BCUT2D eigenvalue weighted by atomic mass is 10.0. The van der Waals surface area contributed by atoms with E-state index in [1.807, 2.05) is 0 Å². The first kappa shape index (κ1) is 11.0. The molecule has 0 saturated heterocycles. The minimum Gasteiger partial charge on any atom is -0.207 e. The first-order valence-electron chi connectivity index (χ1n) is 3.47. The van der Waals surface area contributed by atoms with Gasteiger partial charge in [0, 0.05) is 5.57 Å². The van der Waals surface area contributed by atoms with Gasteiger partial charge in [0.25, 0.3) is 0 Å². The van der Waals surface area contributed by atoms with Gasteiger partial charge in [0.2, 0.25) is 0 Å². The highest BCUT2D eigenvalue weighted by atomic mass is 19.2. The van der Waals surface area contributed by atoms with Gasteiger partial charge in [-0.1, -0.05) is 27.0 Å². The lowest BCUT2D eigenvalue weighted by Crippen LogP contribution is -1.97. The van der Waals surface area contributed by atoms with Crippen molar-refractivity contribution in [3.05, 3.63) is 36.2 Å². The second-order valence-corrected chi connectivity index (χ2v) is 2.69. The standard InChI is InChI=1S/C9H11F3/c1-5(2)8(6(3)10)9(12)7(4)11/h5H,3-4H2,1-2H3. The van der Waals surface area contributed by atoms with Gasteiger partial charge < -0.3 is 0 Å². The van der Waals surface area contributed by atoms with Crippen molar-refractivity contribution in [1.82, 2.24) is 0 Å². The highest BCUT2D eigenvalue weighted by molar-refractivity contribution is 5.34. The molecule has 0 aromatic rings. The summed E-state index contributed by atoms with van der Waals surface area (Å²) in [6, 6.07) is 0. The maximum absolute atomic E-state index is 12.8. The van der Waals surface area contributed by atoms with Crippen molar-refractivity contribution in [2.45, 2.75) is 13.8 Å². The second-order valence-electron chi connectivity index (χ2n) is 2.69. The average Bonchev–Trinajstić information content (AvgIpc) is 1.85. The lowest BCUT2D eigenvalue weighted by Gasteiger charge is -2.08. The Morgan fingerprint density at radius 1 is 1.00 bits per heavy atom. The number of rotatable bonds is 3. The third-order valence-electron chi connectivity index (χ3n) is 1.34. The van der Waals surface area contributed by atoms with E-state index in [1.165, 1.54) is 0 Å². The van der Waals surface area contributed by atoms with Gasteiger partial charge in [-0.15, -0.1) is 0 Å². The summed E-state index contributed by atoms with van der Waals surface area (Å²) in [5, 5.41) is 0. The minimum absolute atomic E-state index is 0.359. The van der Waals surface area contributed by atoms with E-state index in [-0.39, 0.29) is 5.57 Å². The SMILES string of the molecule is C=C(F)C(F)=C(C(=C)F)C(C)C. The predicted octanol–water partition coefficient (Wildman–Crippen LogP) is 3.83.